The Morgan fingerprint density at radius 3 is 2.23 bits per heavy atom. The number of halogens is 1. The van der Waals surface area contributed by atoms with Gasteiger partial charge in [-0.3, -0.25) is 4.79 Å². The number of Topliss-reactive ketones (excluding diaryl/α,β-unsaturated/α-hetero) is 1. The Bertz CT molecular complexity index is 309. The van der Waals surface area contributed by atoms with Gasteiger partial charge in [0, 0.05) is 21.0 Å². The summed E-state index contributed by atoms with van der Waals surface area (Å²) in [5.41, 5.74) is 0.830. The van der Waals surface area contributed by atoms with Gasteiger partial charge in [0.15, 0.2) is 10.9 Å². The number of hydrogen-bond donors (Lipinski definition) is 0. The standard InChI is InChI=1S/C8H12N2OS.ClH/c1-5-7(6(2)11)12-8(9-5)10(3)4;/h1-4H3;1H. The second-order valence-corrected chi connectivity index (χ2v) is 3.84. The third-order valence-corrected chi connectivity index (χ3v) is 2.91. The van der Waals surface area contributed by atoms with Crippen LogP contribution in [0.4, 0.5) is 5.13 Å². The molecule has 3 nitrogen and oxygen atoms in total. The van der Waals surface area contributed by atoms with E-state index >= 15 is 0 Å². The molecule has 0 aliphatic heterocycles. The van der Waals surface area contributed by atoms with Gasteiger partial charge in [0.25, 0.3) is 0 Å². The fraction of sp³-hybridized carbons (Fsp3) is 0.500. The lowest BCUT2D eigenvalue weighted by Gasteiger charge is -2.04. The maximum absolute atomic E-state index is 11.1. The Balaban J connectivity index is 0.00000144. The summed E-state index contributed by atoms with van der Waals surface area (Å²) in [5, 5.41) is 0.887. The highest BCUT2D eigenvalue weighted by Gasteiger charge is 2.11. The predicted octanol–water partition coefficient (Wildman–Crippen LogP) is 2.14. The van der Waals surface area contributed by atoms with Crippen molar-refractivity contribution in [3.63, 3.8) is 0 Å². The number of rotatable bonds is 2. The average molecular weight is 221 g/mol. The van der Waals surface area contributed by atoms with Gasteiger partial charge in [-0.1, -0.05) is 11.3 Å². The van der Waals surface area contributed by atoms with E-state index in [0.717, 1.165) is 15.7 Å². The number of hydrogen-bond acceptors (Lipinski definition) is 4. The molecule has 0 spiro atoms. The minimum absolute atomic E-state index is 0. The first-order chi connectivity index (χ1) is 5.52. The number of ketones is 1. The van der Waals surface area contributed by atoms with Crippen LogP contribution in [0, 0.1) is 6.92 Å². The van der Waals surface area contributed by atoms with Crippen LogP contribution in [0.15, 0.2) is 0 Å². The van der Waals surface area contributed by atoms with E-state index in [1.807, 2.05) is 25.9 Å². The van der Waals surface area contributed by atoms with Crippen molar-refractivity contribution in [1.82, 2.24) is 4.98 Å². The van der Waals surface area contributed by atoms with Crippen LogP contribution in [0.25, 0.3) is 0 Å². The molecule has 5 heteroatoms. The Morgan fingerprint density at radius 2 is 2.00 bits per heavy atom. The van der Waals surface area contributed by atoms with E-state index < -0.39 is 0 Å². The summed E-state index contributed by atoms with van der Waals surface area (Å²) >= 11 is 1.44. The molecule has 1 aromatic rings. The van der Waals surface area contributed by atoms with Crippen LogP contribution < -0.4 is 4.90 Å². The highest BCUT2D eigenvalue weighted by atomic mass is 35.5. The van der Waals surface area contributed by atoms with E-state index in [9.17, 15) is 4.79 Å². The van der Waals surface area contributed by atoms with Crippen molar-refractivity contribution in [3.8, 4) is 0 Å². The van der Waals surface area contributed by atoms with Crippen molar-refractivity contribution in [3.05, 3.63) is 10.6 Å². The molecule has 0 aliphatic rings. The highest BCUT2D eigenvalue weighted by molar-refractivity contribution is 7.17. The van der Waals surface area contributed by atoms with Crippen LogP contribution in [-0.2, 0) is 0 Å². The van der Waals surface area contributed by atoms with Crippen LogP contribution in [0.1, 0.15) is 22.3 Å². The molecule has 1 aromatic heterocycles. The van der Waals surface area contributed by atoms with Gasteiger partial charge in [0.2, 0.25) is 0 Å². The van der Waals surface area contributed by atoms with Gasteiger partial charge in [-0.2, -0.15) is 0 Å². The molecule has 0 radical (unpaired) electrons. The van der Waals surface area contributed by atoms with Crippen molar-refractivity contribution < 1.29 is 4.79 Å². The van der Waals surface area contributed by atoms with Gasteiger partial charge in [-0.15, -0.1) is 12.4 Å². The van der Waals surface area contributed by atoms with Gasteiger partial charge in [-0.25, -0.2) is 4.98 Å². The van der Waals surface area contributed by atoms with Crippen molar-refractivity contribution in [2.45, 2.75) is 13.8 Å². The molecule has 0 aliphatic carbocycles. The number of aryl methyl sites for hydroxylation is 1. The minimum Gasteiger partial charge on any atom is -0.354 e. The van der Waals surface area contributed by atoms with E-state index in [1.54, 1.807) is 6.92 Å². The third kappa shape index (κ3) is 2.67. The number of anilines is 1. The molecule has 0 atom stereocenters. The van der Waals surface area contributed by atoms with E-state index in [2.05, 4.69) is 4.98 Å². The third-order valence-electron chi connectivity index (χ3n) is 1.49. The van der Waals surface area contributed by atoms with Gasteiger partial charge < -0.3 is 4.90 Å². The van der Waals surface area contributed by atoms with Crippen LogP contribution in [0.3, 0.4) is 0 Å². The maximum Gasteiger partial charge on any atom is 0.185 e. The topological polar surface area (TPSA) is 33.2 Å². The molecular formula is C8H13ClN2OS. The fourth-order valence-electron chi connectivity index (χ4n) is 0.900. The Kier molecular flexibility index (Phi) is 4.36. The number of carbonyl (C=O) groups excluding carboxylic acids is 1. The second-order valence-electron chi connectivity index (χ2n) is 2.86. The average Bonchev–Trinajstić information content (AvgIpc) is 2.30. The normalized spacial score (nSPS) is 9.23. The maximum atomic E-state index is 11.1. The smallest absolute Gasteiger partial charge is 0.185 e. The number of carbonyl (C=O) groups is 1. The van der Waals surface area contributed by atoms with Crippen molar-refractivity contribution >= 4 is 34.7 Å². The zero-order chi connectivity index (χ0) is 9.30. The molecule has 1 heterocycles. The lowest BCUT2D eigenvalue weighted by Crippen LogP contribution is -2.07. The summed E-state index contributed by atoms with van der Waals surface area (Å²) in [5.74, 6) is 0.0955. The van der Waals surface area contributed by atoms with E-state index in [4.69, 9.17) is 0 Å². The summed E-state index contributed by atoms with van der Waals surface area (Å²) in [6.07, 6.45) is 0. The quantitative estimate of drug-likeness (QED) is 0.717. The Morgan fingerprint density at radius 1 is 1.46 bits per heavy atom. The van der Waals surface area contributed by atoms with Crippen molar-refractivity contribution in [2.75, 3.05) is 19.0 Å². The molecule has 13 heavy (non-hydrogen) atoms. The van der Waals surface area contributed by atoms with E-state index in [0.29, 0.717) is 0 Å². The number of nitrogens with zero attached hydrogens (tertiary/aromatic N) is 2. The Labute approximate surface area is 88.2 Å². The molecule has 74 valence electrons. The number of thiazole rings is 1. The summed E-state index contributed by atoms with van der Waals surface area (Å²) in [6.45, 7) is 3.43. The molecule has 0 fully saturated rings. The SMILES string of the molecule is CC(=O)c1sc(N(C)C)nc1C.Cl. The first-order valence-corrected chi connectivity index (χ1v) is 4.49. The molecule has 0 saturated heterocycles. The van der Waals surface area contributed by atoms with Crippen molar-refractivity contribution in [1.29, 1.82) is 0 Å². The summed E-state index contributed by atoms with van der Waals surface area (Å²) < 4.78 is 0. The molecule has 0 bridgehead atoms. The summed E-state index contributed by atoms with van der Waals surface area (Å²) in [7, 11) is 3.84. The zero-order valence-corrected chi connectivity index (χ0v) is 9.75. The van der Waals surface area contributed by atoms with Crippen molar-refractivity contribution in [2.24, 2.45) is 0 Å². The molecule has 0 amide bonds. The van der Waals surface area contributed by atoms with E-state index in [1.165, 1.54) is 11.3 Å². The molecule has 1 rings (SSSR count). The highest BCUT2D eigenvalue weighted by Crippen LogP contribution is 2.24. The molecule has 0 unspecified atom stereocenters. The largest absolute Gasteiger partial charge is 0.354 e. The minimum atomic E-state index is 0. The molecule has 0 saturated carbocycles. The zero-order valence-electron chi connectivity index (χ0n) is 8.12. The first-order valence-electron chi connectivity index (χ1n) is 3.68. The van der Waals surface area contributed by atoms with Gasteiger partial charge in [0.1, 0.15) is 0 Å². The lowest BCUT2D eigenvalue weighted by atomic mass is 10.3. The number of aromatic nitrogens is 1. The van der Waals surface area contributed by atoms with Crippen LogP contribution in [0.5, 0.6) is 0 Å². The van der Waals surface area contributed by atoms with Gasteiger partial charge in [-0.05, 0) is 6.92 Å². The monoisotopic (exact) mass is 220 g/mol. The van der Waals surface area contributed by atoms with Gasteiger partial charge >= 0.3 is 0 Å². The fourth-order valence-corrected chi connectivity index (χ4v) is 1.78. The second kappa shape index (κ2) is 4.58. The van der Waals surface area contributed by atoms with Crippen LogP contribution in [0.2, 0.25) is 0 Å². The van der Waals surface area contributed by atoms with Crippen LogP contribution in [-0.4, -0.2) is 24.9 Å². The van der Waals surface area contributed by atoms with Gasteiger partial charge in [0.05, 0.1) is 10.6 Å². The Hall–Kier alpha value is -0.610. The molecular weight excluding hydrogens is 208 g/mol. The van der Waals surface area contributed by atoms with Crippen LogP contribution >= 0.6 is 23.7 Å². The summed E-state index contributed by atoms with van der Waals surface area (Å²) in [4.78, 5) is 18.0. The predicted molar refractivity (Wildman–Crippen MR) is 58.4 cm³/mol. The van der Waals surface area contributed by atoms with E-state index in [-0.39, 0.29) is 18.2 Å². The first kappa shape index (κ1) is 12.4. The molecule has 0 N–H and O–H groups in total. The summed E-state index contributed by atoms with van der Waals surface area (Å²) in [6, 6.07) is 0. The molecule has 0 aromatic carbocycles. The lowest BCUT2D eigenvalue weighted by molar-refractivity contribution is 0.102.